The van der Waals surface area contributed by atoms with Crippen LogP contribution in [-0.2, 0) is 11.3 Å². The first kappa shape index (κ1) is 15.8. The molecule has 2 atom stereocenters. The van der Waals surface area contributed by atoms with Gasteiger partial charge in [0.25, 0.3) is 5.91 Å². The van der Waals surface area contributed by atoms with Gasteiger partial charge in [0.15, 0.2) is 0 Å². The Morgan fingerprint density at radius 3 is 2.96 bits per heavy atom. The number of amides is 1. The Balaban J connectivity index is 1.39. The summed E-state index contributed by atoms with van der Waals surface area (Å²) in [7, 11) is 0. The molecule has 0 aliphatic heterocycles. The summed E-state index contributed by atoms with van der Waals surface area (Å²) in [6.07, 6.45) is 8.46. The van der Waals surface area contributed by atoms with Crippen LogP contribution in [0, 0.1) is 0 Å². The fraction of sp³-hybridized carbons (Fsp3) is 0.300. The van der Waals surface area contributed by atoms with Crippen LogP contribution in [0.5, 0.6) is 0 Å². The molecule has 128 valence electrons. The number of hydrogen-bond acceptors (Lipinski definition) is 3. The third kappa shape index (κ3) is 3.56. The molecule has 2 aromatic heterocycles. The predicted molar refractivity (Wildman–Crippen MR) is 95.3 cm³/mol. The molecule has 1 N–H and O–H groups in total. The molecule has 0 unspecified atom stereocenters. The highest BCUT2D eigenvalue weighted by atomic mass is 16.5. The summed E-state index contributed by atoms with van der Waals surface area (Å²) >= 11 is 0. The number of ether oxygens (including phenoxy) is 1. The van der Waals surface area contributed by atoms with Crippen molar-refractivity contribution < 1.29 is 9.53 Å². The number of hydrogen-bond donors (Lipinski definition) is 1. The highest BCUT2D eigenvalue weighted by molar-refractivity contribution is 5.94. The Kier molecular flexibility index (Phi) is 4.48. The van der Waals surface area contributed by atoms with E-state index in [4.69, 9.17) is 4.74 Å². The molecule has 1 amide bonds. The monoisotopic (exact) mass is 335 g/mol. The van der Waals surface area contributed by atoms with Crippen molar-refractivity contribution in [2.24, 2.45) is 0 Å². The number of nitrogens with zero attached hydrogens (tertiary/aromatic N) is 2. The van der Waals surface area contributed by atoms with Crippen molar-refractivity contribution in [2.45, 2.75) is 38.0 Å². The molecule has 1 aromatic carbocycles. The maximum absolute atomic E-state index is 12.6. The van der Waals surface area contributed by atoms with Crippen molar-refractivity contribution in [2.75, 3.05) is 0 Å². The van der Waals surface area contributed by atoms with Gasteiger partial charge < -0.3 is 14.5 Å². The largest absolute Gasteiger partial charge is 0.371 e. The molecule has 0 spiro atoms. The van der Waals surface area contributed by atoms with E-state index in [2.05, 4.69) is 22.4 Å². The van der Waals surface area contributed by atoms with Crippen LogP contribution < -0.4 is 5.32 Å². The average Bonchev–Trinajstić information content (AvgIpc) is 3.29. The summed E-state index contributed by atoms with van der Waals surface area (Å²) in [4.78, 5) is 16.8. The lowest BCUT2D eigenvalue weighted by atomic mass is 10.1. The summed E-state index contributed by atoms with van der Waals surface area (Å²) in [6, 6.07) is 13.9. The van der Waals surface area contributed by atoms with Gasteiger partial charge in [0.2, 0.25) is 0 Å². The summed E-state index contributed by atoms with van der Waals surface area (Å²) in [5.41, 5.74) is 2.63. The number of aromatic nitrogens is 2. The molecular formula is C20H21N3O2. The predicted octanol–water partition coefficient (Wildman–Crippen LogP) is 3.20. The second kappa shape index (κ2) is 7.07. The van der Waals surface area contributed by atoms with Crippen LogP contribution in [0.15, 0.2) is 61.1 Å². The Bertz CT molecular complexity index is 860. The molecule has 0 radical (unpaired) electrons. The van der Waals surface area contributed by atoms with Gasteiger partial charge in [0, 0.05) is 18.6 Å². The minimum atomic E-state index is -0.0594. The molecule has 2 heterocycles. The number of imidazole rings is 1. The van der Waals surface area contributed by atoms with Gasteiger partial charge in [0.05, 0.1) is 24.3 Å². The first-order valence-corrected chi connectivity index (χ1v) is 8.69. The number of rotatable bonds is 5. The Labute approximate surface area is 146 Å². The van der Waals surface area contributed by atoms with Crippen molar-refractivity contribution in [1.82, 2.24) is 14.7 Å². The normalized spacial score (nSPS) is 20.0. The molecule has 5 nitrogen and oxygen atoms in total. The van der Waals surface area contributed by atoms with E-state index in [9.17, 15) is 4.79 Å². The SMILES string of the molecule is O=C(N[C@@H]1CCC[C@H]1OCc1ccccc1)c1ccc2nccn2c1. The number of benzene rings is 1. The summed E-state index contributed by atoms with van der Waals surface area (Å²) < 4.78 is 7.92. The molecule has 1 aliphatic rings. The first-order chi connectivity index (χ1) is 12.3. The number of pyridine rings is 1. The molecule has 0 bridgehead atoms. The topological polar surface area (TPSA) is 55.6 Å². The van der Waals surface area contributed by atoms with Crippen LogP contribution in [0.2, 0.25) is 0 Å². The van der Waals surface area contributed by atoms with Gasteiger partial charge in [-0.25, -0.2) is 4.98 Å². The Morgan fingerprint density at radius 1 is 1.20 bits per heavy atom. The minimum Gasteiger partial charge on any atom is -0.371 e. The second-order valence-electron chi connectivity index (χ2n) is 6.46. The highest BCUT2D eigenvalue weighted by Crippen LogP contribution is 2.23. The standard InChI is InChI=1S/C20H21N3O2/c24-20(16-9-10-19-21-11-12-23(19)13-16)22-17-7-4-8-18(17)25-14-15-5-2-1-3-6-15/h1-3,5-6,9-13,17-18H,4,7-8,14H2,(H,22,24)/t17-,18-/m1/s1. The highest BCUT2D eigenvalue weighted by Gasteiger charge is 2.29. The van der Waals surface area contributed by atoms with Gasteiger partial charge in [-0.2, -0.15) is 0 Å². The Morgan fingerprint density at radius 2 is 2.08 bits per heavy atom. The molecule has 25 heavy (non-hydrogen) atoms. The van der Waals surface area contributed by atoms with E-state index in [0.29, 0.717) is 12.2 Å². The smallest absolute Gasteiger partial charge is 0.253 e. The van der Waals surface area contributed by atoms with Crippen molar-refractivity contribution in [1.29, 1.82) is 0 Å². The van der Waals surface area contributed by atoms with Gasteiger partial charge >= 0.3 is 0 Å². The number of fused-ring (bicyclic) bond motifs is 1. The maximum atomic E-state index is 12.6. The lowest BCUT2D eigenvalue weighted by Gasteiger charge is -2.21. The maximum Gasteiger partial charge on any atom is 0.253 e. The van der Waals surface area contributed by atoms with Crippen molar-refractivity contribution in [3.05, 3.63) is 72.2 Å². The molecule has 1 fully saturated rings. The van der Waals surface area contributed by atoms with Crippen LogP contribution in [0.1, 0.15) is 35.2 Å². The quantitative estimate of drug-likeness (QED) is 0.779. The van der Waals surface area contributed by atoms with Crippen LogP contribution >= 0.6 is 0 Å². The lowest BCUT2D eigenvalue weighted by molar-refractivity contribution is 0.0272. The van der Waals surface area contributed by atoms with E-state index in [1.807, 2.05) is 47.1 Å². The van der Waals surface area contributed by atoms with Gasteiger partial charge in [-0.3, -0.25) is 4.79 Å². The van der Waals surface area contributed by atoms with E-state index >= 15 is 0 Å². The summed E-state index contributed by atoms with van der Waals surface area (Å²) in [6.45, 7) is 0.582. The van der Waals surface area contributed by atoms with Crippen LogP contribution in [0.25, 0.3) is 5.65 Å². The summed E-state index contributed by atoms with van der Waals surface area (Å²) in [5, 5.41) is 3.14. The van der Waals surface area contributed by atoms with Crippen LogP contribution in [0.3, 0.4) is 0 Å². The molecule has 4 rings (SSSR count). The van der Waals surface area contributed by atoms with Crippen LogP contribution in [-0.4, -0.2) is 27.4 Å². The molecule has 3 aromatic rings. The van der Waals surface area contributed by atoms with E-state index in [-0.39, 0.29) is 18.1 Å². The third-order valence-corrected chi connectivity index (χ3v) is 4.73. The van der Waals surface area contributed by atoms with E-state index in [1.54, 1.807) is 6.20 Å². The third-order valence-electron chi connectivity index (χ3n) is 4.73. The van der Waals surface area contributed by atoms with E-state index < -0.39 is 0 Å². The fourth-order valence-electron chi connectivity index (χ4n) is 3.37. The minimum absolute atomic E-state index is 0.0594. The molecular weight excluding hydrogens is 314 g/mol. The van der Waals surface area contributed by atoms with Crippen molar-refractivity contribution >= 4 is 11.6 Å². The van der Waals surface area contributed by atoms with Crippen LogP contribution in [0.4, 0.5) is 0 Å². The number of carbonyl (C=O) groups excluding carboxylic acids is 1. The molecule has 0 saturated heterocycles. The van der Waals surface area contributed by atoms with Gasteiger partial charge in [-0.1, -0.05) is 30.3 Å². The Hall–Kier alpha value is -2.66. The first-order valence-electron chi connectivity index (χ1n) is 8.69. The van der Waals surface area contributed by atoms with Gasteiger partial charge in [-0.05, 0) is 37.0 Å². The summed E-state index contributed by atoms with van der Waals surface area (Å²) in [5.74, 6) is -0.0594. The van der Waals surface area contributed by atoms with Crippen molar-refractivity contribution in [3.8, 4) is 0 Å². The molecule has 1 aliphatic carbocycles. The molecule has 5 heteroatoms. The average molecular weight is 335 g/mol. The van der Waals surface area contributed by atoms with Crippen molar-refractivity contribution in [3.63, 3.8) is 0 Å². The zero-order valence-electron chi connectivity index (χ0n) is 14.0. The zero-order chi connectivity index (χ0) is 17.1. The van der Waals surface area contributed by atoms with E-state index in [1.165, 1.54) is 0 Å². The lowest BCUT2D eigenvalue weighted by Crippen LogP contribution is -2.41. The fourth-order valence-corrected chi connectivity index (χ4v) is 3.37. The van der Waals surface area contributed by atoms with Gasteiger partial charge in [-0.15, -0.1) is 0 Å². The zero-order valence-corrected chi connectivity index (χ0v) is 14.0. The second-order valence-corrected chi connectivity index (χ2v) is 6.46. The number of nitrogens with one attached hydrogen (secondary N) is 1. The number of carbonyl (C=O) groups is 1. The van der Waals surface area contributed by atoms with Gasteiger partial charge in [0.1, 0.15) is 5.65 Å². The van der Waals surface area contributed by atoms with E-state index in [0.717, 1.165) is 30.5 Å². The molecule has 1 saturated carbocycles.